The Labute approximate surface area is 109 Å². The summed E-state index contributed by atoms with van der Waals surface area (Å²) in [4.78, 5) is 4.09. The molecule has 96 valence electrons. The molecule has 2 N–H and O–H groups in total. The van der Waals surface area contributed by atoms with Crippen molar-refractivity contribution in [3.05, 3.63) is 24.8 Å². The van der Waals surface area contributed by atoms with Crippen LogP contribution < -0.4 is 10.5 Å². The average Bonchev–Trinajstić information content (AvgIpc) is 2.71. The molecule has 0 unspecified atom stereocenters. The van der Waals surface area contributed by atoms with E-state index < -0.39 is 9.84 Å². The summed E-state index contributed by atoms with van der Waals surface area (Å²) in [6.45, 7) is 3.42. The highest BCUT2D eigenvalue weighted by Crippen LogP contribution is 2.33. The Balaban J connectivity index is 2.61. The zero-order valence-corrected chi connectivity index (χ0v) is 11.3. The summed E-state index contributed by atoms with van der Waals surface area (Å²) in [7, 11) is -1.89. The molecule has 0 fully saturated rings. The molecule has 1 heterocycles. The topological polar surface area (TPSA) is 82.3 Å². The molecule has 1 aromatic carbocycles. The summed E-state index contributed by atoms with van der Waals surface area (Å²) < 4.78 is 29.6. The maximum absolute atomic E-state index is 11.9. The normalized spacial score (nSPS) is 11.6. The van der Waals surface area contributed by atoms with Crippen molar-refractivity contribution in [3.63, 3.8) is 0 Å². The van der Waals surface area contributed by atoms with Gasteiger partial charge < -0.3 is 10.5 Å². The van der Waals surface area contributed by atoms with E-state index in [-0.39, 0.29) is 10.1 Å². The highest BCUT2D eigenvalue weighted by Gasteiger charge is 2.18. The van der Waals surface area contributed by atoms with E-state index in [1.54, 1.807) is 12.1 Å². The van der Waals surface area contributed by atoms with E-state index in [0.29, 0.717) is 17.0 Å². The van der Waals surface area contributed by atoms with Gasteiger partial charge in [0.25, 0.3) is 0 Å². The quantitative estimate of drug-likeness (QED) is 0.684. The largest absolute Gasteiger partial charge is 0.495 e. The standard InChI is InChI=1S/C11H12N2O3S2/c1-3-4-18(14,15)11-13-8-5-7(12)9(16-2)6-10(8)17-11/h3,5-6H,1,4,12H2,2H3. The van der Waals surface area contributed by atoms with E-state index in [1.807, 2.05) is 0 Å². The van der Waals surface area contributed by atoms with Gasteiger partial charge in [0.1, 0.15) is 5.75 Å². The molecule has 0 radical (unpaired) electrons. The molecule has 18 heavy (non-hydrogen) atoms. The van der Waals surface area contributed by atoms with Gasteiger partial charge in [0.2, 0.25) is 14.2 Å². The Hall–Kier alpha value is -1.60. The van der Waals surface area contributed by atoms with Gasteiger partial charge in [0.15, 0.2) is 0 Å². The lowest BCUT2D eigenvalue weighted by Crippen LogP contribution is -2.03. The summed E-state index contributed by atoms with van der Waals surface area (Å²) in [5.41, 5.74) is 6.74. The molecule has 2 aromatic rings. The summed E-state index contributed by atoms with van der Waals surface area (Å²) >= 11 is 1.10. The van der Waals surface area contributed by atoms with E-state index in [4.69, 9.17) is 10.5 Å². The van der Waals surface area contributed by atoms with Crippen LogP contribution in [0.15, 0.2) is 29.1 Å². The van der Waals surface area contributed by atoms with E-state index in [0.717, 1.165) is 16.0 Å². The highest BCUT2D eigenvalue weighted by atomic mass is 32.2. The van der Waals surface area contributed by atoms with Crippen molar-refractivity contribution in [1.29, 1.82) is 0 Å². The fraction of sp³-hybridized carbons (Fsp3) is 0.182. The Morgan fingerprint density at radius 3 is 2.89 bits per heavy atom. The van der Waals surface area contributed by atoms with Gasteiger partial charge in [0, 0.05) is 6.07 Å². The Morgan fingerprint density at radius 2 is 2.28 bits per heavy atom. The predicted octanol–water partition coefficient (Wildman–Crippen LogP) is 1.85. The van der Waals surface area contributed by atoms with E-state index in [9.17, 15) is 8.42 Å². The first-order valence-corrected chi connectivity index (χ1v) is 7.52. The number of hydrogen-bond acceptors (Lipinski definition) is 6. The SMILES string of the molecule is C=CCS(=O)(=O)c1nc2cc(N)c(OC)cc2s1. The van der Waals surface area contributed by atoms with Crippen LogP contribution in [0.3, 0.4) is 0 Å². The third-order valence-electron chi connectivity index (χ3n) is 2.32. The molecule has 0 aliphatic rings. The number of sulfone groups is 1. The number of hydrogen-bond donors (Lipinski definition) is 1. The van der Waals surface area contributed by atoms with Crippen LogP contribution in [0.2, 0.25) is 0 Å². The Kier molecular flexibility index (Phi) is 3.27. The third kappa shape index (κ3) is 2.19. The van der Waals surface area contributed by atoms with E-state index >= 15 is 0 Å². The molecule has 0 bridgehead atoms. The third-order valence-corrected chi connectivity index (χ3v) is 5.45. The molecule has 0 amide bonds. The van der Waals surface area contributed by atoms with Crippen LogP contribution in [0, 0.1) is 0 Å². The molecule has 0 spiro atoms. The second kappa shape index (κ2) is 4.58. The number of anilines is 1. The molecular weight excluding hydrogens is 272 g/mol. The lowest BCUT2D eigenvalue weighted by molar-refractivity contribution is 0.417. The fourth-order valence-electron chi connectivity index (χ4n) is 1.49. The number of methoxy groups -OCH3 is 1. The van der Waals surface area contributed by atoms with Gasteiger partial charge in [-0.2, -0.15) is 0 Å². The number of benzene rings is 1. The molecule has 0 saturated carbocycles. The van der Waals surface area contributed by atoms with Crippen LogP contribution >= 0.6 is 11.3 Å². The first kappa shape index (κ1) is 12.8. The Morgan fingerprint density at radius 1 is 1.56 bits per heavy atom. The Bertz CT molecular complexity index is 704. The zero-order chi connectivity index (χ0) is 13.3. The minimum Gasteiger partial charge on any atom is -0.495 e. The van der Waals surface area contributed by atoms with Crippen LogP contribution in [0.4, 0.5) is 5.69 Å². The van der Waals surface area contributed by atoms with Gasteiger partial charge in [-0.3, -0.25) is 0 Å². The smallest absolute Gasteiger partial charge is 0.210 e. The molecular formula is C11H12N2O3S2. The zero-order valence-electron chi connectivity index (χ0n) is 9.71. The van der Waals surface area contributed by atoms with Crippen LogP contribution in [0.5, 0.6) is 5.75 Å². The predicted molar refractivity (Wildman–Crippen MR) is 72.8 cm³/mol. The number of nitrogens with zero attached hydrogens (tertiary/aromatic N) is 1. The van der Waals surface area contributed by atoms with Crippen molar-refractivity contribution < 1.29 is 13.2 Å². The van der Waals surface area contributed by atoms with Crippen LogP contribution in [0.1, 0.15) is 0 Å². The molecule has 2 rings (SSSR count). The summed E-state index contributed by atoms with van der Waals surface area (Å²) in [6, 6.07) is 3.30. The fourth-order valence-corrected chi connectivity index (χ4v) is 3.87. The maximum atomic E-state index is 11.9. The molecule has 1 aromatic heterocycles. The van der Waals surface area contributed by atoms with Gasteiger partial charge in [-0.15, -0.1) is 17.9 Å². The van der Waals surface area contributed by atoms with E-state index in [1.165, 1.54) is 13.2 Å². The monoisotopic (exact) mass is 284 g/mol. The van der Waals surface area contributed by atoms with Crippen molar-refractivity contribution >= 4 is 37.1 Å². The second-order valence-corrected chi connectivity index (χ2v) is 6.85. The minimum absolute atomic E-state index is 0.0741. The lowest BCUT2D eigenvalue weighted by Gasteiger charge is -2.02. The van der Waals surface area contributed by atoms with Crippen molar-refractivity contribution in [2.45, 2.75) is 4.34 Å². The van der Waals surface area contributed by atoms with E-state index in [2.05, 4.69) is 11.6 Å². The molecule has 5 nitrogen and oxygen atoms in total. The summed E-state index contributed by atoms with van der Waals surface area (Å²) in [5, 5.41) is 0. The van der Waals surface area contributed by atoms with Crippen molar-refractivity contribution in [2.75, 3.05) is 18.6 Å². The molecule has 0 atom stereocenters. The van der Waals surface area contributed by atoms with Crippen LogP contribution in [-0.2, 0) is 9.84 Å². The number of thiazole rings is 1. The van der Waals surface area contributed by atoms with Crippen LogP contribution in [-0.4, -0.2) is 26.3 Å². The number of aromatic nitrogens is 1. The van der Waals surface area contributed by atoms with Crippen molar-refractivity contribution in [2.24, 2.45) is 0 Å². The number of rotatable bonds is 4. The summed E-state index contributed by atoms with van der Waals surface area (Å²) in [6.07, 6.45) is 1.34. The first-order chi connectivity index (χ1) is 8.47. The molecule has 7 heteroatoms. The number of nitrogens with two attached hydrogens (primary N) is 1. The van der Waals surface area contributed by atoms with Crippen molar-refractivity contribution in [3.8, 4) is 5.75 Å². The summed E-state index contributed by atoms with van der Waals surface area (Å²) in [5.74, 6) is 0.387. The first-order valence-electron chi connectivity index (χ1n) is 5.05. The number of nitrogen functional groups attached to an aromatic ring is 1. The van der Waals surface area contributed by atoms with Gasteiger partial charge >= 0.3 is 0 Å². The number of ether oxygens (including phenoxy) is 1. The van der Waals surface area contributed by atoms with Gasteiger partial charge in [-0.05, 0) is 6.07 Å². The minimum atomic E-state index is -3.40. The molecule has 0 aliphatic heterocycles. The second-order valence-electron chi connectivity index (χ2n) is 3.61. The van der Waals surface area contributed by atoms with Crippen molar-refractivity contribution in [1.82, 2.24) is 4.98 Å². The van der Waals surface area contributed by atoms with Gasteiger partial charge in [-0.1, -0.05) is 6.08 Å². The molecule has 0 saturated heterocycles. The van der Waals surface area contributed by atoms with Gasteiger partial charge in [0.05, 0.1) is 28.8 Å². The van der Waals surface area contributed by atoms with Crippen LogP contribution in [0.25, 0.3) is 10.2 Å². The lowest BCUT2D eigenvalue weighted by atomic mass is 10.3. The maximum Gasteiger partial charge on any atom is 0.210 e. The number of fused-ring (bicyclic) bond motifs is 1. The van der Waals surface area contributed by atoms with Gasteiger partial charge in [-0.25, -0.2) is 13.4 Å². The molecule has 0 aliphatic carbocycles. The highest BCUT2D eigenvalue weighted by molar-refractivity contribution is 7.93. The average molecular weight is 284 g/mol.